The molecule has 0 N–H and O–H groups in total. The van der Waals surface area contributed by atoms with Crippen LogP contribution in [0.15, 0.2) is 24.3 Å². The Morgan fingerprint density at radius 1 is 1.00 bits per heavy atom. The van der Waals surface area contributed by atoms with E-state index in [2.05, 4.69) is 6.92 Å². The molecule has 3 rings (SSSR count). The SMILES string of the molecule is CCC[C@@H]1OC[C@H]2O[C@@H](Oc3ccc(CC)cc3)[C@H](OC(C)=O)[C@@H](OC(C)=O)[C@@H]2O1. The number of esters is 2. The quantitative estimate of drug-likeness (QED) is 0.620. The zero-order valence-corrected chi connectivity index (χ0v) is 17.9. The van der Waals surface area contributed by atoms with Crippen LogP contribution in [0.2, 0.25) is 0 Å². The van der Waals surface area contributed by atoms with Crippen LogP contribution in [0.4, 0.5) is 0 Å². The topological polar surface area (TPSA) is 89.5 Å². The zero-order valence-electron chi connectivity index (χ0n) is 17.9. The Balaban J connectivity index is 1.85. The van der Waals surface area contributed by atoms with E-state index in [-0.39, 0.29) is 6.61 Å². The summed E-state index contributed by atoms with van der Waals surface area (Å²) in [6, 6.07) is 7.55. The van der Waals surface area contributed by atoms with Crippen LogP contribution in [-0.4, -0.2) is 55.5 Å². The van der Waals surface area contributed by atoms with Gasteiger partial charge in [-0.05, 0) is 30.5 Å². The maximum Gasteiger partial charge on any atom is 0.303 e. The lowest BCUT2D eigenvalue weighted by molar-refractivity contribution is -0.349. The summed E-state index contributed by atoms with van der Waals surface area (Å²) < 4.78 is 34.9. The number of rotatable bonds is 7. The monoisotopic (exact) mass is 422 g/mol. The maximum absolute atomic E-state index is 11.8. The van der Waals surface area contributed by atoms with Crippen LogP contribution in [-0.2, 0) is 39.7 Å². The average Bonchev–Trinajstić information content (AvgIpc) is 2.71. The lowest BCUT2D eigenvalue weighted by Gasteiger charge is -2.47. The second-order valence-electron chi connectivity index (χ2n) is 7.46. The summed E-state index contributed by atoms with van der Waals surface area (Å²) in [5.74, 6) is -0.492. The molecule has 1 aromatic carbocycles. The van der Waals surface area contributed by atoms with Crippen molar-refractivity contribution in [3.05, 3.63) is 29.8 Å². The maximum atomic E-state index is 11.8. The van der Waals surface area contributed by atoms with Crippen molar-refractivity contribution in [2.24, 2.45) is 0 Å². The Hall–Kier alpha value is -2.16. The third-order valence-electron chi connectivity index (χ3n) is 5.06. The number of carbonyl (C=O) groups is 2. The summed E-state index contributed by atoms with van der Waals surface area (Å²) in [5, 5.41) is 0. The smallest absolute Gasteiger partial charge is 0.303 e. The van der Waals surface area contributed by atoms with Gasteiger partial charge in [-0.25, -0.2) is 0 Å². The molecule has 0 aliphatic carbocycles. The molecule has 2 aliphatic heterocycles. The number of hydrogen-bond donors (Lipinski definition) is 0. The van der Waals surface area contributed by atoms with Gasteiger partial charge in [0, 0.05) is 13.8 Å². The summed E-state index contributed by atoms with van der Waals surface area (Å²) in [7, 11) is 0. The van der Waals surface area contributed by atoms with Crippen molar-refractivity contribution in [3.63, 3.8) is 0 Å². The van der Waals surface area contributed by atoms with Crippen LogP contribution >= 0.6 is 0 Å². The molecule has 0 saturated carbocycles. The molecular formula is C22H30O8. The van der Waals surface area contributed by atoms with Gasteiger partial charge in [0.15, 0.2) is 12.4 Å². The van der Waals surface area contributed by atoms with Crippen LogP contribution in [0.5, 0.6) is 5.75 Å². The zero-order chi connectivity index (χ0) is 21.7. The molecule has 6 atom stereocenters. The largest absolute Gasteiger partial charge is 0.461 e. The van der Waals surface area contributed by atoms with Gasteiger partial charge in [0.25, 0.3) is 0 Å². The summed E-state index contributed by atoms with van der Waals surface area (Å²) in [6.07, 6.45) is -1.99. The molecular weight excluding hydrogens is 392 g/mol. The van der Waals surface area contributed by atoms with E-state index < -0.39 is 48.9 Å². The van der Waals surface area contributed by atoms with Gasteiger partial charge in [-0.3, -0.25) is 9.59 Å². The van der Waals surface area contributed by atoms with Gasteiger partial charge in [0.05, 0.1) is 6.61 Å². The van der Waals surface area contributed by atoms with Crippen LogP contribution in [0.25, 0.3) is 0 Å². The van der Waals surface area contributed by atoms with Crippen LogP contribution in [0, 0.1) is 0 Å². The number of hydrogen-bond acceptors (Lipinski definition) is 8. The van der Waals surface area contributed by atoms with Crippen molar-refractivity contribution in [2.75, 3.05) is 6.61 Å². The van der Waals surface area contributed by atoms with Crippen molar-refractivity contribution in [1.82, 2.24) is 0 Å². The Morgan fingerprint density at radius 2 is 1.67 bits per heavy atom. The Morgan fingerprint density at radius 3 is 2.27 bits per heavy atom. The Bertz CT molecular complexity index is 718. The number of aryl methyl sites for hydroxylation is 1. The molecule has 0 unspecified atom stereocenters. The molecule has 0 bridgehead atoms. The minimum absolute atomic E-state index is 0.258. The lowest BCUT2D eigenvalue weighted by Crippen LogP contribution is -2.65. The molecule has 30 heavy (non-hydrogen) atoms. The minimum Gasteiger partial charge on any atom is -0.461 e. The summed E-state index contributed by atoms with van der Waals surface area (Å²) in [4.78, 5) is 23.6. The molecule has 166 valence electrons. The Labute approximate surface area is 176 Å². The van der Waals surface area contributed by atoms with Gasteiger partial charge < -0.3 is 28.4 Å². The molecule has 2 saturated heterocycles. The van der Waals surface area contributed by atoms with Crippen LogP contribution in [0.1, 0.15) is 46.1 Å². The van der Waals surface area contributed by atoms with Gasteiger partial charge in [0.2, 0.25) is 12.4 Å². The van der Waals surface area contributed by atoms with Gasteiger partial charge in [-0.15, -0.1) is 0 Å². The van der Waals surface area contributed by atoms with E-state index >= 15 is 0 Å². The highest BCUT2D eigenvalue weighted by atomic mass is 16.8. The second kappa shape index (κ2) is 10.2. The standard InChI is InChI=1S/C22H30O8/c1-5-7-18-25-12-17-19(30-18)20(26-13(3)23)21(27-14(4)24)22(29-17)28-16-10-8-15(6-2)9-11-16/h8-11,17-22H,5-7,12H2,1-4H3/t17-,18-,19-,20+,21-,22-/m1/s1. The summed E-state index contributed by atoms with van der Waals surface area (Å²) in [5.41, 5.74) is 1.16. The van der Waals surface area contributed by atoms with Crippen molar-refractivity contribution >= 4 is 11.9 Å². The normalized spacial score (nSPS) is 30.8. The third kappa shape index (κ3) is 5.50. The first kappa shape index (κ1) is 22.5. The van der Waals surface area contributed by atoms with E-state index in [4.69, 9.17) is 28.4 Å². The van der Waals surface area contributed by atoms with Gasteiger partial charge in [-0.1, -0.05) is 32.4 Å². The first-order valence-corrected chi connectivity index (χ1v) is 10.4. The van der Waals surface area contributed by atoms with E-state index in [1.54, 1.807) is 0 Å². The highest BCUT2D eigenvalue weighted by Gasteiger charge is 2.54. The average molecular weight is 422 g/mol. The van der Waals surface area contributed by atoms with Gasteiger partial charge >= 0.3 is 11.9 Å². The van der Waals surface area contributed by atoms with Crippen molar-refractivity contribution in [3.8, 4) is 5.75 Å². The summed E-state index contributed by atoms with van der Waals surface area (Å²) in [6.45, 7) is 6.94. The van der Waals surface area contributed by atoms with Crippen molar-refractivity contribution in [2.45, 2.75) is 84.0 Å². The number of carbonyl (C=O) groups excluding carboxylic acids is 2. The molecule has 0 radical (unpaired) electrons. The molecule has 1 aromatic rings. The molecule has 2 fully saturated rings. The van der Waals surface area contributed by atoms with Gasteiger partial charge in [-0.2, -0.15) is 0 Å². The number of benzene rings is 1. The van der Waals surface area contributed by atoms with E-state index in [9.17, 15) is 9.59 Å². The molecule has 8 heteroatoms. The summed E-state index contributed by atoms with van der Waals surface area (Å²) >= 11 is 0. The van der Waals surface area contributed by atoms with E-state index in [0.717, 1.165) is 18.4 Å². The molecule has 0 spiro atoms. The predicted octanol–water partition coefficient (Wildman–Crippen LogP) is 2.76. The van der Waals surface area contributed by atoms with E-state index in [0.29, 0.717) is 12.2 Å². The highest BCUT2D eigenvalue weighted by Crippen LogP contribution is 2.34. The third-order valence-corrected chi connectivity index (χ3v) is 5.06. The van der Waals surface area contributed by atoms with Crippen molar-refractivity contribution < 1.29 is 38.0 Å². The fourth-order valence-corrected chi connectivity index (χ4v) is 3.66. The molecule has 0 amide bonds. The molecule has 8 nitrogen and oxygen atoms in total. The molecule has 2 aliphatic rings. The predicted molar refractivity (Wildman–Crippen MR) is 106 cm³/mol. The molecule has 0 aromatic heterocycles. The number of ether oxygens (including phenoxy) is 6. The highest BCUT2D eigenvalue weighted by molar-refractivity contribution is 5.67. The fourth-order valence-electron chi connectivity index (χ4n) is 3.66. The first-order chi connectivity index (χ1) is 14.4. The van der Waals surface area contributed by atoms with Gasteiger partial charge in [0.1, 0.15) is 18.0 Å². The van der Waals surface area contributed by atoms with E-state index in [1.807, 2.05) is 31.2 Å². The minimum atomic E-state index is -0.987. The molecule has 2 heterocycles. The first-order valence-electron chi connectivity index (χ1n) is 10.4. The van der Waals surface area contributed by atoms with E-state index in [1.165, 1.54) is 13.8 Å². The lowest BCUT2D eigenvalue weighted by atomic mass is 9.97. The fraction of sp³-hybridized carbons (Fsp3) is 0.636. The van der Waals surface area contributed by atoms with Crippen LogP contribution < -0.4 is 4.74 Å². The second-order valence-corrected chi connectivity index (χ2v) is 7.46. The van der Waals surface area contributed by atoms with Crippen molar-refractivity contribution in [1.29, 1.82) is 0 Å². The van der Waals surface area contributed by atoms with Crippen LogP contribution in [0.3, 0.4) is 0 Å². The Kier molecular flexibility index (Phi) is 7.69. The number of fused-ring (bicyclic) bond motifs is 1.